The summed E-state index contributed by atoms with van der Waals surface area (Å²) in [5.41, 5.74) is 8.03. The van der Waals surface area contributed by atoms with Crippen molar-refractivity contribution in [1.82, 2.24) is 4.90 Å². The molecule has 0 bridgehead atoms. The summed E-state index contributed by atoms with van der Waals surface area (Å²) in [5, 5.41) is 3.63. The van der Waals surface area contributed by atoms with Crippen molar-refractivity contribution in [3.8, 4) is 0 Å². The summed E-state index contributed by atoms with van der Waals surface area (Å²) in [7, 11) is 0. The second-order valence-electron chi connectivity index (χ2n) is 5.63. The van der Waals surface area contributed by atoms with Gasteiger partial charge in [-0.25, -0.2) is 0 Å². The van der Waals surface area contributed by atoms with Crippen LogP contribution in [0.15, 0.2) is 18.2 Å². The first kappa shape index (κ1) is 12.5. The standard InChI is InChI=1S/C15H21N3O/c1-10-11(15(16)19)4-2-5-12(10)17-13-7-9-18-8-3-6-14(13)18/h2,4-5,13-14,17H,3,6-9H2,1H3,(H2,16,19). The van der Waals surface area contributed by atoms with Gasteiger partial charge in [0.25, 0.3) is 0 Å². The van der Waals surface area contributed by atoms with Crippen LogP contribution in [0, 0.1) is 6.92 Å². The first-order chi connectivity index (χ1) is 9.16. The molecule has 3 rings (SSSR count). The van der Waals surface area contributed by atoms with Crippen molar-refractivity contribution in [3.05, 3.63) is 29.3 Å². The molecule has 0 saturated carbocycles. The van der Waals surface area contributed by atoms with E-state index in [2.05, 4.69) is 10.2 Å². The molecule has 2 unspecified atom stereocenters. The minimum atomic E-state index is -0.352. The van der Waals surface area contributed by atoms with Crippen molar-refractivity contribution >= 4 is 11.6 Å². The number of nitrogens with one attached hydrogen (secondary N) is 1. The van der Waals surface area contributed by atoms with Gasteiger partial charge in [-0.3, -0.25) is 9.69 Å². The van der Waals surface area contributed by atoms with Gasteiger partial charge >= 0.3 is 0 Å². The van der Waals surface area contributed by atoms with Gasteiger partial charge in [-0.1, -0.05) is 6.07 Å². The lowest BCUT2D eigenvalue weighted by Gasteiger charge is -2.23. The Hall–Kier alpha value is -1.55. The van der Waals surface area contributed by atoms with Crippen LogP contribution in [0.4, 0.5) is 5.69 Å². The van der Waals surface area contributed by atoms with Crippen LogP contribution in [0.2, 0.25) is 0 Å². The Balaban J connectivity index is 1.80. The van der Waals surface area contributed by atoms with Gasteiger partial charge in [0, 0.05) is 29.9 Å². The maximum absolute atomic E-state index is 11.4. The Kier molecular flexibility index (Phi) is 3.19. The fourth-order valence-corrected chi connectivity index (χ4v) is 3.51. The van der Waals surface area contributed by atoms with Crippen molar-refractivity contribution in [1.29, 1.82) is 0 Å². The van der Waals surface area contributed by atoms with E-state index in [-0.39, 0.29) is 5.91 Å². The number of nitrogens with zero attached hydrogens (tertiary/aromatic N) is 1. The number of primary amides is 1. The van der Waals surface area contributed by atoms with Gasteiger partial charge in [0.05, 0.1) is 0 Å². The molecule has 2 atom stereocenters. The predicted octanol–water partition coefficient (Wildman–Crippen LogP) is 1.74. The van der Waals surface area contributed by atoms with E-state index in [1.807, 2.05) is 19.1 Å². The van der Waals surface area contributed by atoms with Crippen molar-refractivity contribution in [3.63, 3.8) is 0 Å². The molecule has 2 saturated heterocycles. The number of amides is 1. The molecule has 2 aliphatic heterocycles. The average Bonchev–Trinajstić information content (AvgIpc) is 2.96. The van der Waals surface area contributed by atoms with Crippen LogP contribution in [0.25, 0.3) is 0 Å². The van der Waals surface area contributed by atoms with Crippen molar-refractivity contribution in [2.24, 2.45) is 5.73 Å². The number of hydrogen-bond acceptors (Lipinski definition) is 3. The van der Waals surface area contributed by atoms with Crippen LogP contribution < -0.4 is 11.1 Å². The van der Waals surface area contributed by atoms with Crippen LogP contribution in [-0.4, -0.2) is 36.0 Å². The van der Waals surface area contributed by atoms with E-state index in [1.54, 1.807) is 6.07 Å². The highest BCUT2D eigenvalue weighted by Gasteiger charge is 2.37. The highest BCUT2D eigenvalue weighted by molar-refractivity contribution is 5.95. The van der Waals surface area contributed by atoms with Gasteiger partial charge in [-0.15, -0.1) is 0 Å². The molecule has 102 valence electrons. The van der Waals surface area contributed by atoms with E-state index in [0.717, 1.165) is 11.3 Å². The lowest BCUT2D eigenvalue weighted by Crippen LogP contribution is -2.34. The minimum Gasteiger partial charge on any atom is -0.380 e. The molecule has 2 fully saturated rings. The molecule has 0 aromatic heterocycles. The van der Waals surface area contributed by atoms with Crippen LogP contribution in [0.1, 0.15) is 35.2 Å². The fourth-order valence-electron chi connectivity index (χ4n) is 3.51. The van der Waals surface area contributed by atoms with Gasteiger partial charge in [-0.05, 0) is 50.4 Å². The zero-order chi connectivity index (χ0) is 13.4. The number of hydrogen-bond donors (Lipinski definition) is 2. The Bertz CT molecular complexity index is 500. The number of nitrogens with two attached hydrogens (primary N) is 1. The maximum atomic E-state index is 11.4. The smallest absolute Gasteiger partial charge is 0.249 e. The Labute approximate surface area is 114 Å². The summed E-state index contributed by atoms with van der Waals surface area (Å²) < 4.78 is 0. The Morgan fingerprint density at radius 1 is 1.37 bits per heavy atom. The zero-order valence-electron chi connectivity index (χ0n) is 11.4. The van der Waals surface area contributed by atoms with Gasteiger partial charge in [0.15, 0.2) is 0 Å². The van der Waals surface area contributed by atoms with Crippen molar-refractivity contribution < 1.29 is 4.79 Å². The number of fused-ring (bicyclic) bond motifs is 1. The first-order valence-corrected chi connectivity index (χ1v) is 7.07. The molecule has 1 aromatic rings. The zero-order valence-corrected chi connectivity index (χ0v) is 11.4. The summed E-state index contributed by atoms with van der Waals surface area (Å²) in [6.45, 7) is 4.39. The monoisotopic (exact) mass is 259 g/mol. The lowest BCUT2D eigenvalue weighted by atomic mass is 10.0. The molecular formula is C15H21N3O. The molecule has 4 heteroatoms. The number of benzene rings is 1. The van der Waals surface area contributed by atoms with E-state index in [9.17, 15) is 4.79 Å². The van der Waals surface area contributed by atoms with Gasteiger partial charge < -0.3 is 11.1 Å². The molecule has 1 amide bonds. The molecule has 0 aliphatic carbocycles. The van der Waals surface area contributed by atoms with Crippen LogP contribution >= 0.6 is 0 Å². The van der Waals surface area contributed by atoms with Crippen molar-refractivity contribution in [2.75, 3.05) is 18.4 Å². The van der Waals surface area contributed by atoms with Crippen LogP contribution in [0.3, 0.4) is 0 Å². The molecule has 3 N–H and O–H groups in total. The van der Waals surface area contributed by atoms with E-state index in [1.165, 1.54) is 32.4 Å². The number of carbonyl (C=O) groups is 1. The summed E-state index contributed by atoms with van der Waals surface area (Å²) in [5.74, 6) is -0.352. The first-order valence-electron chi connectivity index (χ1n) is 7.07. The topological polar surface area (TPSA) is 58.4 Å². The van der Waals surface area contributed by atoms with Gasteiger partial charge in [0.1, 0.15) is 0 Å². The predicted molar refractivity (Wildman–Crippen MR) is 76.3 cm³/mol. The highest BCUT2D eigenvalue weighted by atomic mass is 16.1. The lowest BCUT2D eigenvalue weighted by molar-refractivity contribution is 0.1000. The molecule has 1 aromatic carbocycles. The quantitative estimate of drug-likeness (QED) is 0.869. The third-order valence-electron chi connectivity index (χ3n) is 4.55. The van der Waals surface area contributed by atoms with Crippen LogP contribution in [-0.2, 0) is 0 Å². The number of anilines is 1. The normalized spacial score (nSPS) is 26.4. The van der Waals surface area contributed by atoms with Crippen LogP contribution in [0.5, 0.6) is 0 Å². The molecule has 4 nitrogen and oxygen atoms in total. The summed E-state index contributed by atoms with van der Waals surface area (Å²) in [6.07, 6.45) is 3.78. The minimum absolute atomic E-state index is 0.352. The third-order valence-corrected chi connectivity index (χ3v) is 4.55. The summed E-state index contributed by atoms with van der Waals surface area (Å²) in [6, 6.07) is 6.90. The summed E-state index contributed by atoms with van der Waals surface area (Å²) >= 11 is 0. The highest BCUT2D eigenvalue weighted by Crippen LogP contribution is 2.31. The molecule has 2 heterocycles. The fraction of sp³-hybridized carbons (Fsp3) is 0.533. The summed E-state index contributed by atoms with van der Waals surface area (Å²) in [4.78, 5) is 14.0. The van der Waals surface area contributed by atoms with Crippen molar-refractivity contribution in [2.45, 2.75) is 38.3 Å². The number of rotatable bonds is 3. The van der Waals surface area contributed by atoms with Gasteiger partial charge in [-0.2, -0.15) is 0 Å². The number of carbonyl (C=O) groups excluding carboxylic acids is 1. The Morgan fingerprint density at radius 3 is 3.00 bits per heavy atom. The molecule has 0 spiro atoms. The second kappa shape index (κ2) is 4.85. The second-order valence-corrected chi connectivity index (χ2v) is 5.63. The van der Waals surface area contributed by atoms with Gasteiger partial charge in [0.2, 0.25) is 5.91 Å². The SMILES string of the molecule is Cc1c(NC2CCN3CCCC23)cccc1C(N)=O. The van der Waals surface area contributed by atoms with E-state index in [4.69, 9.17) is 5.73 Å². The van der Waals surface area contributed by atoms with E-state index < -0.39 is 0 Å². The maximum Gasteiger partial charge on any atom is 0.249 e. The molecular weight excluding hydrogens is 238 g/mol. The Morgan fingerprint density at radius 2 is 2.21 bits per heavy atom. The molecule has 0 radical (unpaired) electrons. The van der Waals surface area contributed by atoms with E-state index in [0.29, 0.717) is 17.6 Å². The largest absolute Gasteiger partial charge is 0.380 e. The molecule has 19 heavy (non-hydrogen) atoms. The van der Waals surface area contributed by atoms with E-state index >= 15 is 0 Å². The average molecular weight is 259 g/mol. The third kappa shape index (κ3) is 2.21. The molecule has 2 aliphatic rings.